The van der Waals surface area contributed by atoms with Crippen molar-refractivity contribution in [1.82, 2.24) is 4.98 Å². The number of hydrogen-bond acceptors (Lipinski definition) is 5. The highest BCUT2D eigenvalue weighted by atomic mass is 35.5. The van der Waals surface area contributed by atoms with Gasteiger partial charge < -0.3 is 15.0 Å². The Morgan fingerprint density at radius 2 is 1.93 bits per heavy atom. The second-order valence-corrected chi connectivity index (χ2v) is 7.12. The minimum absolute atomic E-state index is 0.312. The normalized spacial score (nSPS) is 14.7. The Hall–Kier alpha value is -2.60. The van der Waals surface area contributed by atoms with Crippen LogP contribution in [0.25, 0.3) is 0 Å². The van der Waals surface area contributed by atoms with Gasteiger partial charge in [-0.25, -0.2) is 9.78 Å². The lowest BCUT2D eigenvalue weighted by Crippen LogP contribution is -2.33. The van der Waals surface area contributed by atoms with Crippen LogP contribution < -0.4 is 10.2 Å². The maximum atomic E-state index is 12.7. The molecular weight excluding hydrogens is 366 g/mol. The van der Waals surface area contributed by atoms with Gasteiger partial charge in [0.05, 0.1) is 23.4 Å². The monoisotopic (exact) mass is 387 g/mol. The molecule has 0 spiro atoms. The number of rotatable bonds is 4. The molecule has 2 heterocycles. The Kier molecular flexibility index (Phi) is 5.96. The number of nitrogens with one attached hydrogen (secondary N) is 1. The molecule has 0 unspecified atom stereocenters. The van der Waals surface area contributed by atoms with E-state index in [0.29, 0.717) is 21.8 Å². The van der Waals surface area contributed by atoms with Crippen LogP contribution in [0.15, 0.2) is 36.5 Å². The SMILES string of the molecule is COC(=O)c1ccc(Cl)c(NC(=O)c2ccnc(N3CCC(C)CC3)c2)c1. The van der Waals surface area contributed by atoms with E-state index in [1.165, 1.54) is 13.2 Å². The molecule has 3 rings (SSSR count). The first-order chi connectivity index (χ1) is 13.0. The zero-order valence-corrected chi connectivity index (χ0v) is 16.1. The molecule has 0 radical (unpaired) electrons. The third-order valence-corrected chi connectivity index (χ3v) is 5.08. The van der Waals surface area contributed by atoms with E-state index in [1.807, 2.05) is 0 Å². The van der Waals surface area contributed by atoms with E-state index in [-0.39, 0.29) is 5.91 Å². The van der Waals surface area contributed by atoms with Gasteiger partial charge in [0, 0.05) is 24.8 Å². The van der Waals surface area contributed by atoms with Crippen LogP contribution in [0.4, 0.5) is 11.5 Å². The fraction of sp³-hybridized carbons (Fsp3) is 0.350. The summed E-state index contributed by atoms with van der Waals surface area (Å²) in [6.45, 7) is 4.12. The molecule has 1 N–H and O–H groups in total. The van der Waals surface area contributed by atoms with Crippen molar-refractivity contribution in [2.24, 2.45) is 5.92 Å². The number of amides is 1. The molecule has 0 saturated carbocycles. The summed E-state index contributed by atoms with van der Waals surface area (Å²) in [5, 5.41) is 3.10. The van der Waals surface area contributed by atoms with Crippen LogP contribution in [0.2, 0.25) is 5.02 Å². The van der Waals surface area contributed by atoms with Crippen molar-refractivity contribution in [3.63, 3.8) is 0 Å². The quantitative estimate of drug-likeness (QED) is 0.802. The Morgan fingerprint density at radius 3 is 2.63 bits per heavy atom. The molecular formula is C20H22ClN3O3. The highest BCUT2D eigenvalue weighted by Crippen LogP contribution is 2.25. The van der Waals surface area contributed by atoms with Crippen LogP contribution in [-0.4, -0.2) is 37.1 Å². The third kappa shape index (κ3) is 4.57. The fourth-order valence-electron chi connectivity index (χ4n) is 3.03. The molecule has 1 aliphatic rings. The first-order valence-corrected chi connectivity index (χ1v) is 9.26. The highest BCUT2D eigenvalue weighted by Gasteiger charge is 2.18. The van der Waals surface area contributed by atoms with Crippen molar-refractivity contribution < 1.29 is 14.3 Å². The van der Waals surface area contributed by atoms with E-state index < -0.39 is 5.97 Å². The summed E-state index contributed by atoms with van der Waals surface area (Å²) in [6, 6.07) is 8.04. The Balaban J connectivity index is 1.77. The van der Waals surface area contributed by atoms with E-state index in [0.717, 1.165) is 37.7 Å². The number of anilines is 2. The van der Waals surface area contributed by atoms with Gasteiger partial charge >= 0.3 is 5.97 Å². The summed E-state index contributed by atoms with van der Waals surface area (Å²) < 4.78 is 4.70. The lowest BCUT2D eigenvalue weighted by molar-refractivity contribution is 0.0600. The molecule has 0 aliphatic carbocycles. The first-order valence-electron chi connectivity index (χ1n) is 8.88. The molecule has 1 saturated heterocycles. The van der Waals surface area contributed by atoms with Crippen molar-refractivity contribution in [3.8, 4) is 0 Å². The topological polar surface area (TPSA) is 71.5 Å². The Bertz CT molecular complexity index is 848. The van der Waals surface area contributed by atoms with Crippen molar-refractivity contribution >= 4 is 35.0 Å². The van der Waals surface area contributed by atoms with E-state index in [2.05, 4.69) is 22.1 Å². The summed E-state index contributed by atoms with van der Waals surface area (Å²) in [4.78, 5) is 31.0. The van der Waals surface area contributed by atoms with Gasteiger partial charge in [-0.2, -0.15) is 0 Å². The predicted octanol–water partition coefficient (Wildman–Crippen LogP) is 4.01. The minimum Gasteiger partial charge on any atom is -0.465 e. The Morgan fingerprint density at radius 1 is 1.19 bits per heavy atom. The smallest absolute Gasteiger partial charge is 0.337 e. The van der Waals surface area contributed by atoms with Crippen molar-refractivity contribution in [2.45, 2.75) is 19.8 Å². The van der Waals surface area contributed by atoms with Crippen LogP contribution in [0.3, 0.4) is 0 Å². The number of piperidine rings is 1. The van der Waals surface area contributed by atoms with Crippen LogP contribution in [-0.2, 0) is 4.74 Å². The summed E-state index contributed by atoms with van der Waals surface area (Å²) in [6.07, 6.45) is 3.87. The molecule has 142 valence electrons. The number of esters is 1. The third-order valence-electron chi connectivity index (χ3n) is 4.75. The van der Waals surface area contributed by atoms with Gasteiger partial charge in [0.15, 0.2) is 0 Å². The highest BCUT2D eigenvalue weighted by molar-refractivity contribution is 6.34. The molecule has 6 nitrogen and oxygen atoms in total. The molecule has 27 heavy (non-hydrogen) atoms. The average molecular weight is 388 g/mol. The van der Waals surface area contributed by atoms with Gasteiger partial charge in [-0.3, -0.25) is 4.79 Å². The molecule has 1 amide bonds. The molecule has 1 aromatic heterocycles. The summed E-state index contributed by atoms with van der Waals surface area (Å²) >= 11 is 6.15. The number of carbonyl (C=O) groups excluding carboxylic acids is 2. The molecule has 0 bridgehead atoms. The average Bonchev–Trinajstić information content (AvgIpc) is 2.69. The maximum absolute atomic E-state index is 12.7. The molecule has 0 atom stereocenters. The number of ether oxygens (including phenoxy) is 1. The number of nitrogens with zero attached hydrogens (tertiary/aromatic N) is 2. The molecule has 2 aromatic rings. The lowest BCUT2D eigenvalue weighted by atomic mass is 9.99. The zero-order valence-electron chi connectivity index (χ0n) is 15.4. The summed E-state index contributed by atoms with van der Waals surface area (Å²) in [5.74, 6) is 0.710. The second kappa shape index (κ2) is 8.39. The van der Waals surface area contributed by atoms with Gasteiger partial charge in [0.2, 0.25) is 0 Å². The number of benzene rings is 1. The molecule has 1 fully saturated rings. The number of pyridine rings is 1. The first kappa shape index (κ1) is 19.2. The van der Waals surface area contributed by atoms with Crippen LogP contribution in [0, 0.1) is 5.92 Å². The van der Waals surface area contributed by atoms with Crippen LogP contribution in [0.5, 0.6) is 0 Å². The predicted molar refractivity (Wildman–Crippen MR) is 106 cm³/mol. The van der Waals surface area contributed by atoms with Gasteiger partial charge in [-0.15, -0.1) is 0 Å². The van der Waals surface area contributed by atoms with Crippen molar-refractivity contribution in [2.75, 3.05) is 30.4 Å². The standard InChI is InChI=1S/C20H22ClN3O3/c1-13-6-9-24(10-7-13)18-12-14(5-8-22-18)19(25)23-17-11-15(20(26)27-2)3-4-16(17)21/h3-5,8,11-13H,6-7,9-10H2,1-2H3,(H,23,25). The van der Waals surface area contributed by atoms with Gasteiger partial charge in [0.1, 0.15) is 5.82 Å². The van der Waals surface area contributed by atoms with Crippen molar-refractivity contribution in [1.29, 1.82) is 0 Å². The lowest BCUT2D eigenvalue weighted by Gasteiger charge is -2.31. The largest absolute Gasteiger partial charge is 0.465 e. The number of methoxy groups -OCH3 is 1. The van der Waals surface area contributed by atoms with Gasteiger partial charge in [0.25, 0.3) is 5.91 Å². The Labute approximate surface area is 163 Å². The zero-order chi connectivity index (χ0) is 19.4. The number of hydrogen-bond donors (Lipinski definition) is 1. The minimum atomic E-state index is -0.493. The van der Waals surface area contributed by atoms with Gasteiger partial charge in [-0.1, -0.05) is 18.5 Å². The number of carbonyl (C=O) groups is 2. The van der Waals surface area contributed by atoms with Gasteiger partial charge in [-0.05, 0) is 49.1 Å². The van der Waals surface area contributed by atoms with E-state index >= 15 is 0 Å². The molecule has 1 aromatic carbocycles. The maximum Gasteiger partial charge on any atom is 0.337 e. The van der Waals surface area contributed by atoms with Crippen LogP contribution in [0.1, 0.15) is 40.5 Å². The summed E-state index contributed by atoms with van der Waals surface area (Å²) in [7, 11) is 1.30. The van der Waals surface area contributed by atoms with E-state index in [9.17, 15) is 9.59 Å². The number of aromatic nitrogens is 1. The number of halogens is 1. The fourth-order valence-corrected chi connectivity index (χ4v) is 3.20. The van der Waals surface area contributed by atoms with Crippen LogP contribution >= 0.6 is 11.6 Å². The molecule has 1 aliphatic heterocycles. The molecule has 7 heteroatoms. The second-order valence-electron chi connectivity index (χ2n) is 6.71. The summed E-state index contributed by atoms with van der Waals surface area (Å²) in [5.41, 5.74) is 1.16. The van der Waals surface area contributed by atoms with E-state index in [4.69, 9.17) is 16.3 Å². The van der Waals surface area contributed by atoms with E-state index in [1.54, 1.807) is 30.5 Å². The van der Waals surface area contributed by atoms with Crippen molar-refractivity contribution in [3.05, 3.63) is 52.7 Å².